The first kappa shape index (κ1) is 36.1. The Labute approximate surface area is 321 Å². The molecule has 1 unspecified atom stereocenters. The van der Waals surface area contributed by atoms with Crippen molar-refractivity contribution >= 4 is 96.8 Å². The van der Waals surface area contributed by atoms with Crippen molar-refractivity contribution in [2.24, 2.45) is 0 Å². The van der Waals surface area contributed by atoms with Gasteiger partial charge < -0.3 is 16.0 Å². The van der Waals surface area contributed by atoms with Gasteiger partial charge in [-0.1, -0.05) is 112 Å². The van der Waals surface area contributed by atoms with Crippen LogP contribution >= 0.6 is 62.2 Å². The first-order chi connectivity index (χ1) is 24.7. The molecular formula is C39H27BrCl2N4O3S2. The number of carbonyl (C=O) groups excluding carboxylic acids is 3. The second-order valence-electron chi connectivity index (χ2n) is 11.0. The van der Waals surface area contributed by atoms with E-state index in [2.05, 4.69) is 36.9 Å². The Kier molecular flexibility index (Phi) is 12.0. The molecule has 5 aromatic carbocycles. The number of amides is 3. The predicted molar refractivity (Wildman–Crippen MR) is 212 cm³/mol. The van der Waals surface area contributed by atoms with Crippen LogP contribution in [-0.2, 0) is 9.59 Å². The number of carbonyl (C=O) groups is 3. The largest absolute Gasteiger partial charge is 0.321 e. The molecule has 0 saturated heterocycles. The Bertz CT molecular complexity index is 2220. The van der Waals surface area contributed by atoms with Crippen LogP contribution in [0.5, 0.6) is 0 Å². The van der Waals surface area contributed by atoms with Gasteiger partial charge in [0.05, 0.1) is 5.69 Å². The maximum absolute atomic E-state index is 13.8. The van der Waals surface area contributed by atoms with Crippen LogP contribution < -0.4 is 16.0 Å². The molecule has 0 fully saturated rings. The highest BCUT2D eigenvalue weighted by atomic mass is 79.9. The molecule has 0 saturated carbocycles. The van der Waals surface area contributed by atoms with Crippen LogP contribution in [0, 0.1) is 0 Å². The van der Waals surface area contributed by atoms with Gasteiger partial charge in [0.15, 0.2) is 5.13 Å². The van der Waals surface area contributed by atoms with Gasteiger partial charge in [0, 0.05) is 41.6 Å². The van der Waals surface area contributed by atoms with E-state index in [0.29, 0.717) is 32.0 Å². The minimum atomic E-state index is -0.634. The fraction of sp³-hybridized carbons (Fsp3) is 0.0256. The molecule has 0 spiro atoms. The summed E-state index contributed by atoms with van der Waals surface area (Å²) in [5.41, 5.74) is 3.80. The van der Waals surface area contributed by atoms with Gasteiger partial charge in [0.25, 0.3) is 11.8 Å². The summed E-state index contributed by atoms with van der Waals surface area (Å²) in [5.74, 6) is -1.28. The smallest absolute Gasteiger partial charge is 0.272 e. The molecule has 0 aliphatic carbocycles. The van der Waals surface area contributed by atoms with Crippen LogP contribution in [0.3, 0.4) is 0 Å². The molecule has 6 aromatic rings. The van der Waals surface area contributed by atoms with Crippen molar-refractivity contribution in [2.45, 2.75) is 10.1 Å². The van der Waals surface area contributed by atoms with Crippen LogP contribution in [0.2, 0.25) is 10.0 Å². The highest BCUT2D eigenvalue weighted by Crippen LogP contribution is 2.38. The average Bonchev–Trinajstić information content (AvgIpc) is 3.60. The summed E-state index contributed by atoms with van der Waals surface area (Å²) in [4.78, 5) is 46.0. The van der Waals surface area contributed by atoms with Crippen LogP contribution in [0.15, 0.2) is 148 Å². The summed E-state index contributed by atoms with van der Waals surface area (Å²) in [6.07, 6.45) is 1.49. The van der Waals surface area contributed by atoms with E-state index in [1.807, 2.05) is 66.0 Å². The number of nitrogens with one attached hydrogen (secondary N) is 3. The zero-order valence-corrected chi connectivity index (χ0v) is 31.2. The van der Waals surface area contributed by atoms with E-state index in [-0.39, 0.29) is 11.6 Å². The summed E-state index contributed by atoms with van der Waals surface area (Å²) < 4.78 is 0.968. The Hall–Kier alpha value is -4.71. The molecule has 12 heteroatoms. The van der Waals surface area contributed by atoms with Gasteiger partial charge in [0.1, 0.15) is 10.9 Å². The van der Waals surface area contributed by atoms with E-state index in [1.165, 1.54) is 29.2 Å². The number of thioether (sulfide) groups is 1. The summed E-state index contributed by atoms with van der Waals surface area (Å²) in [7, 11) is 0. The first-order valence-corrected chi connectivity index (χ1v) is 18.7. The van der Waals surface area contributed by atoms with Crippen molar-refractivity contribution in [2.75, 3.05) is 10.6 Å². The van der Waals surface area contributed by atoms with Gasteiger partial charge in [-0.3, -0.25) is 14.4 Å². The third-order valence-corrected chi connectivity index (χ3v) is 10.4. The summed E-state index contributed by atoms with van der Waals surface area (Å²) in [5, 5.41) is 11.1. The second-order valence-corrected chi connectivity index (χ2v) is 14.8. The van der Waals surface area contributed by atoms with Crippen molar-refractivity contribution < 1.29 is 14.4 Å². The van der Waals surface area contributed by atoms with Gasteiger partial charge in [-0.15, -0.1) is 23.1 Å². The van der Waals surface area contributed by atoms with Gasteiger partial charge >= 0.3 is 0 Å². The standard InChI is InChI=1S/C39H27BrCl2N4O3S2/c40-28-17-14-24(15-18-28)34-23-50-39(45-34)46-38(49)35(25-8-3-1-4-9-25)51-31-13-7-12-30(22-31)43-37(48)33(20-27-16-19-29(41)21-32(27)42)44-36(47)26-10-5-2-6-11-26/h1-23,35H,(H,43,48)(H,44,47)(H,45,46,49)/b33-20+. The minimum absolute atomic E-state index is 0.0291. The number of anilines is 2. The van der Waals surface area contributed by atoms with E-state index >= 15 is 0 Å². The molecule has 7 nitrogen and oxygen atoms in total. The lowest BCUT2D eigenvalue weighted by Crippen LogP contribution is -2.30. The second kappa shape index (κ2) is 17.0. The van der Waals surface area contributed by atoms with E-state index in [9.17, 15) is 14.4 Å². The number of nitrogens with zero attached hydrogens (tertiary/aromatic N) is 1. The zero-order chi connectivity index (χ0) is 35.7. The molecule has 1 aromatic heterocycles. The molecule has 0 aliphatic rings. The molecule has 0 radical (unpaired) electrons. The van der Waals surface area contributed by atoms with Crippen molar-refractivity contribution in [1.82, 2.24) is 10.3 Å². The molecule has 6 rings (SSSR count). The normalized spacial score (nSPS) is 11.8. The first-order valence-electron chi connectivity index (χ1n) is 15.4. The number of aromatic nitrogens is 1. The fourth-order valence-electron chi connectivity index (χ4n) is 4.85. The Morgan fingerprint density at radius 3 is 2.25 bits per heavy atom. The molecule has 0 bridgehead atoms. The SMILES string of the molecule is O=C(Nc1cccc(SC(C(=O)Nc2nc(-c3ccc(Br)cc3)cs2)c2ccccc2)c1)/C(=C\c1ccc(Cl)cc1Cl)NC(=O)c1ccccc1. The van der Waals surface area contributed by atoms with Gasteiger partial charge in [-0.05, 0) is 71.8 Å². The van der Waals surface area contributed by atoms with E-state index < -0.39 is 17.1 Å². The van der Waals surface area contributed by atoms with Crippen LogP contribution in [-0.4, -0.2) is 22.7 Å². The maximum Gasteiger partial charge on any atom is 0.272 e. The van der Waals surface area contributed by atoms with Gasteiger partial charge in [0.2, 0.25) is 5.91 Å². The number of halogens is 3. The lowest BCUT2D eigenvalue weighted by Gasteiger charge is -2.17. The Morgan fingerprint density at radius 2 is 1.53 bits per heavy atom. The molecule has 1 atom stereocenters. The third kappa shape index (κ3) is 9.75. The van der Waals surface area contributed by atoms with Crippen LogP contribution in [0.4, 0.5) is 10.8 Å². The quantitative estimate of drug-likeness (QED) is 0.0893. The molecule has 3 amide bonds. The molecule has 51 heavy (non-hydrogen) atoms. The molecular weight excluding hydrogens is 787 g/mol. The third-order valence-electron chi connectivity index (χ3n) is 7.35. The highest BCUT2D eigenvalue weighted by molar-refractivity contribution is 9.10. The average molecular weight is 815 g/mol. The summed E-state index contributed by atoms with van der Waals surface area (Å²) in [6.45, 7) is 0. The summed E-state index contributed by atoms with van der Waals surface area (Å²) in [6, 6.07) is 37.8. The minimum Gasteiger partial charge on any atom is -0.321 e. The maximum atomic E-state index is 13.8. The Morgan fingerprint density at radius 1 is 0.804 bits per heavy atom. The molecule has 1 heterocycles. The number of thiazole rings is 1. The lowest BCUT2D eigenvalue weighted by atomic mass is 10.1. The lowest BCUT2D eigenvalue weighted by molar-refractivity contribution is -0.116. The number of hydrogen-bond donors (Lipinski definition) is 3. The molecule has 0 aliphatic heterocycles. The highest BCUT2D eigenvalue weighted by Gasteiger charge is 2.24. The molecule has 254 valence electrons. The monoisotopic (exact) mass is 812 g/mol. The van der Waals surface area contributed by atoms with Crippen molar-refractivity contribution in [3.05, 3.63) is 170 Å². The number of hydrogen-bond acceptors (Lipinski definition) is 6. The predicted octanol–water partition coefficient (Wildman–Crippen LogP) is 10.8. The van der Waals surface area contributed by atoms with Crippen LogP contribution in [0.1, 0.15) is 26.7 Å². The van der Waals surface area contributed by atoms with E-state index in [4.69, 9.17) is 23.2 Å². The van der Waals surface area contributed by atoms with Crippen molar-refractivity contribution in [1.29, 1.82) is 0 Å². The van der Waals surface area contributed by atoms with Crippen molar-refractivity contribution in [3.63, 3.8) is 0 Å². The number of benzene rings is 5. The fourth-order valence-corrected chi connectivity index (χ4v) is 7.39. The van der Waals surface area contributed by atoms with Crippen LogP contribution in [0.25, 0.3) is 17.3 Å². The van der Waals surface area contributed by atoms with Gasteiger partial charge in [-0.25, -0.2) is 4.98 Å². The van der Waals surface area contributed by atoms with E-state index in [1.54, 1.807) is 66.7 Å². The Balaban J connectivity index is 1.22. The van der Waals surface area contributed by atoms with Crippen molar-refractivity contribution in [3.8, 4) is 11.3 Å². The topological polar surface area (TPSA) is 100 Å². The van der Waals surface area contributed by atoms with E-state index in [0.717, 1.165) is 26.2 Å². The summed E-state index contributed by atoms with van der Waals surface area (Å²) >= 11 is 18.6. The number of rotatable bonds is 11. The van der Waals surface area contributed by atoms with Gasteiger partial charge in [-0.2, -0.15) is 0 Å². The zero-order valence-electron chi connectivity index (χ0n) is 26.5. The molecule has 3 N–H and O–H groups in total.